The average molecular weight is 269 g/mol. The second-order valence-electron chi connectivity index (χ2n) is 3.99. The third kappa shape index (κ3) is 2.81. The van der Waals surface area contributed by atoms with E-state index < -0.39 is 17.3 Å². The first kappa shape index (κ1) is 12.9. The quantitative estimate of drug-likeness (QED) is 0.884. The first-order chi connectivity index (χ1) is 8.58. The SMILES string of the molecule is O=C(O)c1ccc(NC(=O)C2CCCS2)cc1F. The third-order valence-electron chi connectivity index (χ3n) is 2.69. The van der Waals surface area contributed by atoms with Crippen LogP contribution in [0.15, 0.2) is 18.2 Å². The number of hydrogen-bond acceptors (Lipinski definition) is 3. The monoisotopic (exact) mass is 269 g/mol. The molecule has 1 aliphatic heterocycles. The van der Waals surface area contributed by atoms with Crippen LogP contribution in [0.4, 0.5) is 10.1 Å². The number of thioether (sulfide) groups is 1. The summed E-state index contributed by atoms with van der Waals surface area (Å²) in [5.41, 5.74) is -0.113. The van der Waals surface area contributed by atoms with Gasteiger partial charge in [0.15, 0.2) is 0 Å². The largest absolute Gasteiger partial charge is 0.478 e. The molecule has 18 heavy (non-hydrogen) atoms. The molecule has 0 aromatic heterocycles. The van der Waals surface area contributed by atoms with E-state index in [1.54, 1.807) is 11.8 Å². The lowest BCUT2D eigenvalue weighted by molar-refractivity contribution is -0.115. The van der Waals surface area contributed by atoms with E-state index in [2.05, 4.69) is 5.32 Å². The Labute approximate surface area is 108 Å². The Hall–Kier alpha value is -1.56. The Bertz CT molecular complexity index is 486. The fourth-order valence-corrected chi connectivity index (χ4v) is 2.93. The molecular weight excluding hydrogens is 257 g/mol. The summed E-state index contributed by atoms with van der Waals surface area (Å²) in [6.07, 6.45) is 1.83. The smallest absolute Gasteiger partial charge is 0.338 e. The van der Waals surface area contributed by atoms with Gasteiger partial charge in [0.05, 0.1) is 10.8 Å². The van der Waals surface area contributed by atoms with Crippen molar-refractivity contribution in [1.29, 1.82) is 0 Å². The third-order valence-corrected chi connectivity index (χ3v) is 4.07. The zero-order valence-corrected chi connectivity index (χ0v) is 10.3. The molecule has 4 nitrogen and oxygen atoms in total. The lowest BCUT2D eigenvalue weighted by Crippen LogP contribution is -2.23. The van der Waals surface area contributed by atoms with E-state index in [0.29, 0.717) is 0 Å². The topological polar surface area (TPSA) is 66.4 Å². The molecule has 1 saturated heterocycles. The van der Waals surface area contributed by atoms with Gasteiger partial charge < -0.3 is 10.4 Å². The van der Waals surface area contributed by atoms with E-state index >= 15 is 0 Å². The van der Waals surface area contributed by atoms with Crippen LogP contribution in [-0.4, -0.2) is 28.0 Å². The zero-order valence-electron chi connectivity index (χ0n) is 9.48. The van der Waals surface area contributed by atoms with Crippen LogP contribution in [0.3, 0.4) is 0 Å². The summed E-state index contributed by atoms with van der Waals surface area (Å²) in [6, 6.07) is 3.57. The molecule has 2 N–H and O–H groups in total. The van der Waals surface area contributed by atoms with Crippen molar-refractivity contribution in [3.05, 3.63) is 29.6 Å². The molecule has 0 saturated carbocycles. The van der Waals surface area contributed by atoms with Crippen LogP contribution >= 0.6 is 11.8 Å². The first-order valence-corrected chi connectivity index (χ1v) is 6.58. The number of hydrogen-bond donors (Lipinski definition) is 2. The van der Waals surface area contributed by atoms with Crippen molar-refractivity contribution in [2.24, 2.45) is 0 Å². The number of amides is 1. The maximum atomic E-state index is 13.4. The number of carboxylic acids is 1. The van der Waals surface area contributed by atoms with E-state index in [1.165, 1.54) is 6.07 Å². The molecule has 1 amide bonds. The number of carboxylic acid groups (broad SMARTS) is 1. The maximum Gasteiger partial charge on any atom is 0.338 e. The van der Waals surface area contributed by atoms with Gasteiger partial charge in [-0.2, -0.15) is 0 Å². The summed E-state index contributed by atoms with van der Waals surface area (Å²) in [6.45, 7) is 0. The molecule has 1 aromatic carbocycles. The van der Waals surface area contributed by atoms with Crippen LogP contribution in [0.1, 0.15) is 23.2 Å². The van der Waals surface area contributed by atoms with Gasteiger partial charge >= 0.3 is 5.97 Å². The van der Waals surface area contributed by atoms with Crippen LogP contribution in [0, 0.1) is 5.82 Å². The van der Waals surface area contributed by atoms with Gasteiger partial charge in [0.1, 0.15) is 5.82 Å². The second kappa shape index (κ2) is 5.39. The molecular formula is C12H12FNO3S. The number of carbonyl (C=O) groups excluding carboxylic acids is 1. The Kier molecular flexibility index (Phi) is 3.86. The van der Waals surface area contributed by atoms with Crippen molar-refractivity contribution in [2.45, 2.75) is 18.1 Å². The van der Waals surface area contributed by atoms with Gasteiger partial charge in [-0.3, -0.25) is 4.79 Å². The summed E-state index contributed by atoms with van der Waals surface area (Å²) in [4.78, 5) is 22.4. The summed E-state index contributed by atoms with van der Waals surface area (Å²) < 4.78 is 13.4. The van der Waals surface area contributed by atoms with Gasteiger partial charge in [0.25, 0.3) is 0 Å². The van der Waals surface area contributed by atoms with Gasteiger partial charge in [-0.1, -0.05) is 0 Å². The summed E-state index contributed by atoms with van der Waals surface area (Å²) >= 11 is 1.58. The number of carbonyl (C=O) groups is 2. The average Bonchev–Trinajstić information content (AvgIpc) is 2.81. The van der Waals surface area contributed by atoms with Crippen LogP contribution in [-0.2, 0) is 4.79 Å². The first-order valence-electron chi connectivity index (χ1n) is 5.53. The number of halogens is 1. The molecule has 0 radical (unpaired) electrons. The van der Waals surface area contributed by atoms with Crippen molar-refractivity contribution in [3.8, 4) is 0 Å². The highest BCUT2D eigenvalue weighted by molar-refractivity contribution is 8.00. The molecule has 1 unspecified atom stereocenters. The van der Waals surface area contributed by atoms with Crippen LogP contribution in [0.2, 0.25) is 0 Å². The fourth-order valence-electron chi connectivity index (χ4n) is 1.77. The van der Waals surface area contributed by atoms with Crippen molar-refractivity contribution in [3.63, 3.8) is 0 Å². The number of rotatable bonds is 3. The highest BCUT2D eigenvalue weighted by atomic mass is 32.2. The minimum atomic E-state index is -1.32. The van der Waals surface area contributed by atoms with Gasteiger partial charge in [-0.25, -0.2) is 9.18 Å². The minimum absolute atomic E-state index is 0.0905. The molecule has 0 aliphatic carbocycles. The lowest BCUT2D eigenvalue weighted by Gasteiger charge is -2.10. The number of benzene rings is 1. The summed E-state index contributed by atoms with van der Waals surface area (Å²) in [7, 11) is 0. The van der Waals surface area contributed by atoms with E-state index in [1.807, 2.05) is 0 Å². The Morgan fingerprint density at radius 1 is 1.44 bits per heavy atom. The molecule has 96 valence electrons. The Morgan fingerprint density at radius 3 is 2.78 bits per heavy atom. The minimum Gasteiger partial charge on any atom is -0.478 e. The Morgan fingerprint density at radius 2 is 2.22 bits per heavy atom. The van der Waals surface area contributed by atoms with Crippen LogP contribution in [0.5, 0.6) is 0 Å². The lowest BCUT2D eigenvalue weighted by atomic mass is 10.2. The van der Waals surface area contributed by atoms with Crippen LogP contribution < -0.4 is 5.32 Å². The molecule has 0 bridgehead atoms. The predicted molar refractivity (Wildman–Crippen MR) is 67.5 cm³/mol. The molecule has 2 rings (SSSR count). The Balaban J connectivity index is 2.07. The van der Waals surface area contributed by atoms with Crippen molar-refractivity contribution < 1.29 is 19.1 Å². The van der Waals surface area contributed by atoms with Gasteiger partial charge in [-0.05, 0) is 36.8 Å². The number of anilines is 1. The standard InChI is InChI=1S/C12H12FNO3S/c13-9-6-7(3-4-8(9)12(16)17)14-11(15)10-2-1-5-18-10/h3-4,6,10H,1-2,5H2,(H,14,15)(H,16,17). The zero-order chi connectivity index (χ0) is 13.1. The predicted octanol–water partition coefficient (Wildman–Crippen LogP) is 2.36. The second-order valence-corrected chi connectivity index (χ2v) is 5.30. The normalized spacial score (nSPS) is 18.6. The van der Waals surface area contributed by atoms with Gasteiger partial charge in [0.2, 0.25) is 5.91 Å². The molecule has 6 heteroatoms. The fraction of sp³-hybridized carbons (Fsp3) is 0.333. The van der Waals surface area contributed by atoms with E-state index in [9.17, 15) is 14.0 Å². The molecule has 1 aliphatic rings. The summed E-state index contributed by atoms with van der Waals surface area (Å²) in [5, 5.41) is 11.2. The number of nitrogens with one attached hydrogen (secondary N) is 1. The molecule has 1 aromatic rings. The molecule has 1 heterocycles. The van der Waals surface area contributed by atoms with Gasteiger partial charge in [-0.15, -0.1) is 11.8 Å². The molecule has 1 fully saturated rings. The highest BCUT2D eigenvalue weighted by Crippen LogP contribution is 2.27. The molecule has 0 spiro atoms. The molecule has 1 atom stereocenters. The van der Waals surface area contributed by atoms with E-state index in [-0.39, 0.29) is 16.8 Å². The van der Waals surface area contributed by atoms with Gasteiger partial charge in [0, 0.05) is 5.69 Å². The van der Waals surface area contributed by atoms with E-state index in [0.717, 1.165) is 30.7 Å². The van der Waals surface area contributed by atoms with E-state index in [4.69, 9.17) is 5.11 Å². The van der Waals surface area contributed by atoms with Crippen LogP contribution in [0.25, 0.3) is 0 Å². The highest BCUT2D eigenvalue weighted by Gasteiger charge is 2.23. The maximum absolute atomic E-state index is 13.4. The number of aromatic carboxylic acids is 1. The van der Waals surface area contributed by atoms with Crippen molar-refractivity contribution in [2.75, 3.05) is 11.1 Å². The summed E-state index contributed by atoms with van der Waals surface area (Å²) in [5.74, 6) is -1.36. The van der Waals surface area contributed by atoms with Crippen molar-refractivity contribution >= 4 is 29.3 Å². The van der Waals surface area contributed by atoms with Crippen molar-refractivity contribution in [1.82, 2.24) is 0 Å².